The number of hydrogen-bond acceptors (Lipinski definition) is 4. The summed E-state index contributed by atoms with van der Waals surface area (Å²) < 4.78 is 5.61. The van der Waals surface area contributed by atoms with Crippen molar-refractivity contribution in [1.82, 2.24) is 10.3 Å². The molecule has 0 atom stereocenters. The van der Waals surface area contributed by atoms with Crippen LogP contribution in [0.3, 0.4) is 0 Å². The van der Waals surface area contributed by atoms with Crippen molar-refractivity contribution in [3.8, 4) is 17.0 Å². The molecule has 0 bridgehead atoms. The first-order valence-electron chi connectivity index (χ1n) is 5.66. The number of rotatable bonds is 5. The molecular weight excluding hydrogens is 232 g/mol. The molecule has 1 N–H and O–H groups in total. The Morgan fingerprint density at radius 3 is 2.94 bits per heavy atom. The van der Waals surface area contributed by atoms with Gasteiger partial charge in [-0.25, -0.2) is 4.98 Å². The minimum Gasteiger partial charge on any atom is -0.493 e. The maximum Gasteiger partial charge on any atom is 0.128 e. The molecule has 0 saturated heterocycles. The van der Waals surface area contributed by atoms with Crippen molar-refractivity contribution in [3.05, 3.63) is 34.7 Å². The van der Waals surface area contributed by atoms with Crippen molar-refractivity contribution in [2.24, 2.45) is 0 Å². The first kappa shape index (κ1) is 12.1. The lowest BCUT2D eigenvalue weighted by Crippen LogP contribution is -2.04. The van der Waals surface area contributed by atoms with E-state index in [9.17, 15) is 0 Å². The Balaban J connectivity index is 2.31. The van der Waals surface area contributed by atoms with E-state index >= 15 is 0 Å². The molecule has 2 aromatic rings. The van der Waals surface area contributed by atoms with Gasteiger partial charge in [0.05, 0.1) is 12.3 Å². The minimum absolute atomic E-state index is 0.671. The normalized spacial score (nSPS) is 10.5. The predicted molar refractivity (Wildman–Crippen MR) is 71.5 cm³/mol. The number of nitrogens with zero attached hydrogens (tertiary/aromatic N) is 1. The second-order valence-corrected chi connectivity index (χ2v) is 4.53. The van der Waals surface area contributed by atoms with Crippen LogP contribution >= 0.6 is 11.3 Å². The molecule has 0 saturated carbocycles. The van der Waals surface area contributed by atoms with Gasteiger partial charge in [-0.1, -0.05) is 12.1 Å². The Morgan fingerprint density at radius 2 is 2.18 bits per heavy atom. The van der Waals surface area contributed by atoms with Crippen LogP contribution in [0.1, 0.15) is 11.9 Å². The van der Waals surface area contributed by atoms with E-state index in [0.717, 1.165) is 28.6 Å². The van der Waals surface area contributed by atoms with Crippen LogP contribution in [-0.2, 0) is 6.54 Å². The van der Waals surface area contributed by atoms with Crippen LogP contribution < -0.4 is 10.1 Å². The molecule has 1 aromatic heterocycles. The fourth-order valence-electron chi connectivity index (χ4n) is 1.63. The number of para-hydroxylation sites is 1. The number of thiazole rings is 1. The van der Waals surface area contributed by atoms with E-state index in [1.165, 1.54) is 0 Å². The van der Waals surface area contributed by atoms with E-state index in [-0.39, 0.29) is 0 Å². The van der Waals surface area contributed by atoms with Crippen LogP contribution in [0.15, 0.2) is 29.6 Å². The third-order valence-electron chi connectivity index (χ3n) is 2.34. The number of aromatic nitrogens is 1. The highest BCUT2D eigenvalue weighted by atomic mass is 32.1. The molecule has 0 aliphatic heterocycles. The molecular formula is C13H16N2OS. The summed E-state index contributed by atoms with van der Waals surface area (Å²) in [5, 5.41) is 6.27. The second kappa shape index (κ2) is 5.80. The van der Waals surface area contributed by atoms with Gasteiger partial charge < -0.3 is 10.1 Å². The van der Waals surface area contributed by atoms with E-state index in [1.807, 2.05) is 38.2 Å². The van der Waals surface area contributed by atoms with Gasteiger partial charge >= 0.3 is 0 Å². The smallest absolute Gasteiger partial charge is 0.128 e. The highest BCUT2D eigenvalue weighted by molar-refractivity contribution is 7.09. The summed E-state index contributed by atoms with van der Waals surface area (Å²) in [5.41, 5.74) is 2.05. The quantitative estimate of drug-likeness (QED) is 0.883. The molecule has 1 aromatic carbocycles. The van der Waals surface area contributed by atoms with Crippen LogP contribution in [0.5, 0.6) is 5.75 Å². The number of nitrogens with one attached hydrogen (secondary N) is 1. The van der Waals surface area contributed by atoms with Crippen molar-refractivity contribution >= 4 is 11.3 Å². The van der Waals surface area contributed by atoms with E-state index < -0.39 is 0 Å². The monoisotopic (exact) mass is 248 g/mol. The van der Waals surface area contributed by atoms with Gasteiger partial charge in [-0.2, -0.15) is 0 Å². The predicted octanol–water partition coefficient (Wildman–Crippen LogP) is 2.93. The zero-order valence-electron chi connectivity index (χ0n) is 10.1. The second-order valence-electron chi connectivity index (χ2n) is 3.59. The molecule has 4 heteroatoms. The maximum atomic E-state index is 5.61. The zero-order chi connectivity index (χ0) is 12.1. The first-order valence-corrected chi connectivity index (χ1v) is 6.54. The van der Waals surface area contributed by atoms with Crippen LogP contribution in [0, 0.1) is 0 Å². The van der Waals surface area contributed by atoms with Gasteiger partial charge in [-0.15, -0.1) is 11.3 Å². The summed E-state index contributed by atoms with van der Waals surface area (Å²) in [4.78, 5) is 4.59. The van der Waals surface area contributed by atoms with Gasteiger partial charge in [-0.3, -0.25) is 0 Å². The van der Waals surface area contributed by atoms with Gasteiger partial charge in [0.15, 0.2) is 0 Å². The molecule has 0 aliphatic carbocycles. The van der Waals surface area contributed by atoms with E-state index in [2.05, 4.69) is 15.7 Å². The lowest BCUT2D eigenvalue weighted by Gasteiger charge is -2.07. The van der Waals surface area contributed by atoms with Crippen molar-refractivity contribution in [3.63, 3.8) is 0 Å². The van der Waals surface area contributed by atoms with Crippen molar-refractivity contribution in [2.75, 3.05) is 13.7 Å². The van der Waals surface area contributed by atoms with Crippen LogP contribution in [0.2, 0.25) is 0 Å². The van der Waals surface area contributed by atoms with Crippen molar-refractivity contribution in [1.29, 1.82) is 0 Å². The Morgan fingerprint density at radius 1 is 1.35 bits per heavy atom. The van der Waals surface area contributed by atoms with E-state index in [0.29, 0.717) is 6.61 Å². The highest BCUT2D eigenvalue weighted by Gasteiger charge is 2.09. The Labute approximate surface area is 105 Å². The molecule has 0 amide bonds. The fourth-order valence-corrected chi connectivity index (χ4v) is 2.43. The average Bonchev–Trinajstić information content (AvgIpc) is 2.79. The molecule has 0 spiro atoms. The van der Waals surface area contributed by atoms with Crippen molar-refractivity contribution in [2.45, 2.75) is 13.5 Å². The van der Waals surface area contributed by atoms with Gasteiger partial charge in [0.1, 0.15) is 10.8 Å². The van der Waals surface area contributed by atoms with Crippen LogP contribution in [-0.4, -0.2) is 18.6 Å². The number of ether oxygens (including phenoxy) is 1. The van der Waals surface area contributed by atoms with Gasteiger partial charge in [0.25, 0.3) is 0 Å². The Kier molecular flexibility index (Phi) is 4.12. The summed E-state index contributed by atoms with van der Waals surface area (Å²) in [6.07, 6.45) is 0. The molecule has 0 radical (unpaired) electrons. The molecule has 0 unspecified atom stereocenters. The average molecular weight is 248 g/mol. The molecule has 17 heavy (non-hydrogen) atoms. The van der Waals surface area contributed by atoms with Gasteiger partial charge in [0, 0.05) is 17.5 Å². The standard InChI is InChI=1S/C13H16N2OS/c1-3-16-12-7-5-4-6-10(12)11-9-17-13(15-11)8-14-2/h4-7,9,14H,3,8H2,1-2H3. The number of benzene rings is 1. The summed E-state index contributed by atoms with van der Waals surface area (Å²) in [7, 11) is 1.93. The molecule has 3 nitrogen and oxygen atoms in total. The topological polar surface area (TPSA) is 34.1 Å². The summed E-state index contributed by atoms with van der Waals surface area (Å²) in [5.74, 6) is 0.899. The summed E-state index contributed by atoms with van der Waals surface area (Å²) in [6, 6.07) is 8.02. The molecule has 0 fully saturated rings. The summed E-state index contributed by atoms with van der Waals surface area (Å²) in [6.45, 7) is 3.47. The largest absolute Gasteiger partial charge is 0.493 e. The first-order chi connectivity index (χ1) is 8.35. The molecule has 1 heterocycles. The maximum absolute atomic E-state index is 5.61. The molecule has 2 rings (SSSR count). The van der Waals surface area contributed by atoms with Crippen molar-refractivity contribution < 1.29 is 4.74 Å². The Bertz CT molecular complexity index is 482. The Hall–Kier alpha value is -1.39. The fraction of sp³-hybridized carbons (Fsp3) is 0.308. The minimum atomic E-state index is 0.671. The summed E-state index contributed by atoms with van der Waals surface area (Å²) >= 11 is 1.67. The van der Waals surface area contributed by atoms with E-state index in [1.54, 1.807) is 11.3 Å². The zero-order valence-corrected chi connectivity index (χ0v) is 10.9. The number of hydrogen-bond donors (Lipinski definition) is 1. The van der Waals surface area contributed by atoms with Crippen LogP contribution in [0.4, 0.5) is 0 Å². The molecule has 90 valence electrons. The van der Waals surface area contributed by atoms with E-state index in [4.69, 9.17) is 4.74 Å². The van der Waals surface area contributed by atoms with Gasteiger partial charge in [-0.05, 0) is 26.1 Å². The lowest BCUT2D eigenvalue weighted by atomic mass is 10.1. The molecule has 0 aliphatic rings. The van der Waals surface area contributed by atoms with Gasteiger partial charge in [0.2, 0.25) is 0 Å². The third-order valence-corrected chi connectivity index (χ3v) is 3.19. The lowest BCUT2D eigenvalue weighted by molar-refractivity contribution is 0.341. The SMILES string of the molecule is CCOc1ccccc1-c1csc(CNC)n1. The van der Waals surface area contributed by atoms with Crippen LogP contribution in [0.25, 0.3) is 11.3 Å². The third kappa shape index (κ3) is 2.84. The highest BCUT2D eigenvalue weighted by Crippen LogP contribution is 2.30.